The number of hydrogen-bond acceptors (Lipinski definition) is 1. The lowest BCUT2D eigenvalue weighted by Gasteiger charge is -2.29. The molecule has 1 aliphatic rings. The quantitative estimate of drug-likeness (QED) is 0.201. The third-order valence-corrected chi connectivity index (χ3v) is 13.1. The molecular weight excluding hydrogens is 538 g/mol. The third-order valence-electron chi connectivity index (χ3n) is 7.64. The third kappa shape index (κ3) is 6.59. The highest BCUT2D eigenvalue weighted by atomic mass is 31.1. The van der Waals surface area contributed by atoms with E-state index in [1.54, 1.807) is 0 Å². The summed E-state index contributed by atoms with van der Waals surface area (Å²) in [6.07, 6.45) is 1.92. The fourth-order valence-corrected chi connectivity index (χ4v) is 11.2. The van der Waals surface area contributed by atoms with E-state index in [-0.39, 0.29) is 12.1 Å². The number of benzene rings is 5. The molecular formula is C36H34N2OP2. The van der Waals surface area contributed by atoms with Gasteiger partial charge in [0.05, 0.1) is 0 Å². The predicted molar refractivity (Wildman–Crippen MR) is 177 cm³/mol. The lowest BCUT2D eigenvalue weighted by atomic mass is 10.2. The minimum absolute atomic E-state index is 0.00385. The first-order valence-corrected chi connectivity index (χ1v) is 17.1. The fourth-order valence-electron chi connectivity index (χ4n) is 5.75. The summed E-state index contributed by atoms with van der Waals surface area (Å²) in [7, 11) is -1.27. The van der Waals surface area contributed by atoms with Crippen molar-refractivity contribution in [1.29, 1.82) is 0 Å². The van der Waals surface area contributed by atoms with Gasteiger partial charge in [-0.05, 0) is 61.8 Å². The number of nitrogens with zero attached hydrogens (tertiary/aromatic N) is 1. The number of carbonyl (C=O) groups is 1. The van der Waals surface area contributed by atoms with Gasteiger partial charge in [0.2, 0.25) is 0 Å². The number of anilines is 1. The minimum Gasteiger partial charge on any atom is -0.320 e. The van der Waals surface area contributed by atoms with Crippen LogP contribution in [0.3, 0.4) is 0 Å². The first-order chi connectivity index (χ1) is 20.3. The lowest BCUT2D eigenvalue weighted by Crippen LogP contribution is -2.41. The Balaban J connectivity index is 1.36. The highest BCUT2D eigenvalue weighted by Gasteiger charge is 2.41. The zero-order chi connectivity index (χ0) is 27.9. The van der Waals surface area contributed by atoms with Crippen molar-refractivity contribution >= 4 is 48.8 Å². The molecule has 204 valence electrons. The van der Waals surface area contributed by atoms with Crippen LogP contribution in [-0.4, -0.2) is 35.3 Å². The monoisotopic (exact) mass is 572 g/mol. The summed E-state index contributed by atoms with van der Waals surface area (Å²) >= 11 is 0. The van der Waals surface area contributed by atoms with E-state index in [0.717, 1.165) is 24.8 Å². The first kappa shape index (κ1) is 27.4. The van der Waals surface area contributed by atoms with Gasteiger partial charge in [-0.25, -0.2) is 4.79 Å². The maximum absolute atomic E-state index is 14.0. The van der Waals surface area contributed by atoms with Gasteiger partial charge in [0, 0.05) is 23.9 Å². The molecule has 1 saturated heterocycles. The summed E-state index contributed by atoms with van der Waals surface area (Å²) < 4.78 is 0. The average Bonchev–Trinajstić information content (AvgIpc) is 3.46. The van der Waals surface area contributed by atoms with Gasteiger partial charge in [-0.1, -0.05) is 140 Å². The molecule has 5 aromatic rings. The predicted octanol–water partition coefficient (Wildman–Crippen LogP) is 6.93. The van der Waals surface area contributed by atoms with Crippen LogP contribution in [0, 0.1) is 0 Å². The second-order valence-corrected chi connectivity index (χ2v) is 15.1. The van der Waals surface area contributed by atoms with Crippen LogP contribution >= 0.6 is 15.8 Å². The Hall–Kier alpha value is -3.77. The average molecular weight is 573 g/mol. The second kappa shape index (κ2) is 13.3. The zero-order valence-corrected chi connectivity index (χ0v) is 24.7. The molecule has 0 bridgehead atoms. The van der Waals surface area contributed by atoms with E-state index >= 15 is 0 Å². The minimum atomic E-state index is -0.637. The normalized spacial score (nSPS) is 16.7. The molecule has 0 spiro atoms. The molecule has 1 unspecified atom stereocenters. The molecule has 3 nitrogen and oxygen atoms in total. The van der Waals surface area contributed by atoms with Crippen LogP contribution in [-0.2, 0) is 0 Å². The maximum atomic E-state index is 14.0. The molecule has 5 aromatic carbocycles. The SMILES string of the molecule is O=C(Nc1ccccc1)N1C[C@@H](P(c2ccccc2)c2ccccc2)CC1CP(c1ccccc1)c1ccccc1. The maximum Gasteiger partial charge on any atom is 0.322 e. The van der Waals surface area contributed by atoms with Crippen LogP contribution < -0.4 is 26.5 Å². The Morgan fingerprint density at radius 2 is 1.02 bits per heavy atom. The Morgan fingerprint density at radius 1 is 0.610 bits per heavy atom. The van der Waals surface area contributed by atoms with Crippen LogP contribution in [0.1, 0.15) is 6.42 Å². The van der Waals surface area contributed by atoms with Crippen molar-refractivity contribution in [1.82, 2.24) is 4.90 Å². The topological polar surface area (TPSA) is 32.3 Å². The van der Waals surface area contributed by atoms with Crippen molar-refractivity contribution in [3.05, 3.63) is 152 Å². The summed E-state index contributed by atoms with van der Waals surface area (Å²) in [6, 6.07) is 53.5. The standard InChI is InChI=1S/C36H34N2OP2/c39-36(37-29-16-6-1-7-17-29)38-27-35(41(33-22-12-4-13-23-33)34-24-14-5-15-25-34)26-30(38)28-40(31-18-8-2-9-19-31)32-20-10-3-11-21-32/h1-25,30,35H,26-28H2,(H,37,39)/t30?,35-/m0/s1. The number of para-hydroxylation sites is 1. The molecule has 1 aliphatic heterocycles. The molecule has 2 amide bonds. The highest BCUT2D eigenvalue weighted by molar-refractivity contribution is 7.74. The Labute approximate surface area is 245 Å². The summed E-state index contributed by atoms with van der Waals surface area (Å²) in [6.45, 7) is 0.742. The van der Waals surface area contributed by atoms with Gasteiger partial charge in [-0.3, -0.25) is 0 Å². The Kier molecular flexibility index (Phi) is 8.86. The van der Waals surface area contributed by atoms with Crippen molar-refractivity contribution in [3.8, 4) is 0 Å². The van der Waals surface area contributed by atoms with E-state index < -0.39 is 15.8 Å². The lowest BCUT2D eigenvalue weighted by molar-refractivity contribution is 0.211. The zero-order valence-electron chi connectivity index (χ0n) is 23.0. The van der Waals surface area contributed by atoms with E-state index in [2.05, 4.69) is 132 Å². The molecule has 0 aromatic heterocycles. The summed E-state index contributed by atoms with van der Waals surface area (Å²) in [5.41, 5.74) is 1.20. The van der Waals surface area contributed by atoms with Crippen LogP contribution in [0.4, 0.5) is 10.5 Å². The van der Waals surface area contributed by atoms with Gasteiger partial charge in [-0.2, -0.15) is 0 Å². The van der Waals surface area contributed by atoms with E-state index in [1.165, 1.54) is 21.2 Å². The molecule has 5 heteroatoms. The van der Waals surface area contributed by atoms with Gasteiger partial charge < -0.3 is 10.2 Å². The Bertz CT molecular complexity index is 1440. The van der Waals surface area contributed by atoms with E-state index in [1.807, 2.05) is 30.3 Å². The largest absolute Gasteiger partial charge is 0.322 e. The van der Waals surface area contributed by atoms with E-state index in [4.69, 9.17) is 0 Å². The van der Waals surface area contributed by atoms with E-state index in [0.29, 0.717) is 5.66 Å². The van der Waals surface area contributed by atoms with E-state index in [9.17, 15) is 4.79 Å². The highest BCUT2D eigenvalue weighted by Crippen LogP contribution is 2.48. The van der Waals surface area contributed by atoms with Gasteiger partial charge >= 0.3 is 6.03 Å². The second-order valence-electron chi connectivity index (χ2n) is 10.3. The number of nitrogens with one attached hydrogen (secondary N) is 1. The Morgan fingerprint density at radius 3 is 1.49 bits per heavy atom. The molecule has 0 saturated carbocycles. The number of urea groups is 1. The molecule has 1 heterocycles. The van der Waals surface area contributed by atoms with Gasteiger partial charge in [-0.15, -0.1) is 0 Å². The molecule has 1 fully saturated rings. The van der Waals surface area contributed by atoms with Crippen molar-refractivity contribution in [3.63, 3.8) is 0 Å². The smallest absolute Gasteiger partial charge is 0.320 e. The summed E-state index contributed by atoms with van der Waals surface area (Å²) in [5, 5.41) is 8.66. The molecule has 0 aliphatic carbocycles. The van der Waals surface area contributed by atoms with Crippen molar-refractivity contribution < 1.29 is 4.79 Å². The summed E-state index contributed by atoms with van der Waals surface area (Å²) in [4.78, 5) is 16.1. The molecule has 41 heavy (non-hydrogen) atoms. The molecule has 6 rings (SSSR count). The number of carbonyl (C=O) groups excluding carboxylic acids is 1. The first-order valence-electron chi connectivity index (χ1n) is 14.2. The van der Waals surface area contributed by atoms with Gasteiger partial charge in [0.25, 0.3) is 0 Å². The van der Waals surface area contributed by atoms with Gasteiger partial charge in [0.15, 0.2) is 0 Å². The summed E-state index contributed by atoms with van der Waals surface area (Å²) in [5.74, 6) is 0. The fraction of sp³-hybridized carbons (Fsp3) is 0.139. The molecule has 1 N–H and O–H groups in total. The van der Waals surface area contributed by atoms with Crippen molar-refractivity contribution in [2.24, 2.45) is 0 Å². The number of hydrogen-bond donors (Lipinski definition) is 1. The van der Waals surface area contributed by atoms with Crippen LogP contribution in [0.5, 0.6) is 0 Å². The van der Waals surface area contributed by atoms with Crippen molar-refractivity contribution in [2.75, 3.05) is 18.0 Å². The van der Waals surface area contributed by atoms with Crippen LogP contribution in [0.15, 0.2) is 152 Å². The molecule has 0 radical (unpaired) electrons. The number of likely N-dealkylation sites (tertiary alicyclic amines) is 1. The number of rotatable bonds is 8. The number of amides is 2. The van der Waals surface area contributed by atoms with Gasteiger partial charge in [0.1, 0.15) is 0 Å². The van der Waals surface area contributed by atoms with Crippen molar-refractivity contribution in [2.45, 2.75) is 18.1 Å². The van der Waals surface area contributed by atoms with Crippen LogP contribution in [0.2, 0.25) is 0 Å². The van der Waals surface area contributed by atoms with Crippen LogP contribution in [0.25, 0.3) is 0 Å². The molecule has 2 atom stereocenters.